The molecule has 0 unspecified atom stereocenters. The number of aliphatic hydroxyl groups is 1. The molecule has 0 bridgehead atoms. The van der Waals surface area contributed by atoms with Crippen LogP contribution in [0.1, 0.15) is 24.2 Å². The Morgan fingerprint density at radius 1 is 1.47 bits per heavy atom. The lowest BCUT2D eigenvalue weighted by atomic mass is 10.1. The second kappa shape index (κ2) is 5.05. The lowest BCUT2D eigenvalue weighted by Gasteiger charge is -2.23. The predicted molar refractivity (Wildman–Crippen MR) is 63.3 cm³/mol. The van der Waals surface area contributed by atoms with Crippen molar-refractivity contribution in [2.45, 2.75) is 19.4 Å². The minimum Gasteiger partial charge on any atom is -0.507 e. The van der Waals surface area contributed by atoms with Crippen molar-refractivity contribution in [3.63, 3.8) is 0 Å². The van der Waals surface area contributed by atoms with Crippen LogP contribution in [0.2, 0.25) is 0 Å². The van der Waals surface area contributed by atoms with Gasteiger partial charge in [-0.2, -0.15) is 0 Å². The number of aromatic hydroxyl groups is 1. The summed E-state index contributed by atoms with van der Waals surface area (Å²) in [6, 6.07) is 4.42. The molecule has 1 rings (SSSR count). The van der Waals surface area contributed by atoms with Crippen LogP contribution in [0, 0.1) is 0 Å². The highest BCUT2D eigenvalue weighted by Gasteiger charge is 2.21. The van der Waals surface area contributed by atoms with Crippen molar-refractivity contribution in [2.24, 2.45) is 0 Å². The van der Waals surface area contributed by atoms with Gasteiger partial charge in [0.05, 0.1) is 24.8 Å². The third-order valence-electron chi connectivity index (χ3n) is 2.30. The van der Waals surface area contributed by atoms with Gasteiger partial charge in [0.2, 0.25) is 0 Å². The maximum absolute atomic E-state index is 11.8. The van der Waals surface area contributed by atoms with Crippen LogP contribution in [0.4, 0.5) is 0 Å². The zero-order chi connectivity index (χ0) is 13.1. The fourth-order valence-corrected chi connectivity index (χ4v) is 1.24. The molecule has 0 radical (unpaired) electrons. The van der Waals surface area contributed by atoms with E-state index in [0.29, 0.717) is 5.75 Å². The van der Waals surface area contributed by atoms with Crippen molar-refractivity contribution in [3.8, 4) is 11.5 Å². The number of carbonyl (C=O) groups excluding carboxylic acids is 1. The third-order valence-corrected chi connectivity index (χ3v) is 2.30. The number of carbonyl (C=O) groups is 1. The van der Waals surface area contributed by atoms with E-state index < -0.39 is 11.4 Å². The van der Waals surface area contributed by atoms with Gasteiger partial charge >= 0.3 is 0 Å². The van der Waals surface area contributed by atoms with Crippen LogP contribution >= 0.6 is 0 Å². The van der Waals surface area contributed by atoms with Gasteiger partial charge in [-0.25, -0.2) is 0 Å². The Morgan fingerprint density at radius 2 is 2.12 bits per heavy atom. The predicted octanol–water partition coefficient (Wildman–Crippen LogP) is 0.901. The molecule has 3 N–H and O–H groups in total. The Kier molecular flexibility index (Phi) is 3.96. The van der Waals surface area contributed by atoms with Gasteiger partial charge in [0.25, 0.3) is 5.91 Å². The van der Waals surface area contributed by atoms with Crippen molar-refractivity contribution < 1.29 is 19.7 Å². The molecule has 0 aliphatic rings. The van der Waals surface area contributed by atoms with E-state index >= 15 is 0 Å². The highest BCUT2D eigenvalue weighted by Crippen LogP contribution is 2.23. The molecule has 0 fully saturated rings. The number of aliphatic hydroxyl groups excluding tert-OH is 1. The van der Waals surface area contributed by atoms with Gasteiger partial charge < -0.3 is 20.3 Å². The van der Waals surface area contributed by atoms with Gasteiger partial charge in [-0.05, 0) is 26.0 Å². The number of hydrogen-bond acceptors (Lipinski definition) is 4. The third kappa shape index (κ3) is 3.35. The molecule has 1 aromatic carbocycles. The average molecular weight is 239 g/mol. The summed E-state index contributed by atoms with van der Waals surface area (Å²) >= 11 is 0. The first kappa shape index (κ1) is 13.3. The van der Waals surface area contributed by atoms with E-state index in [1.807, 2.05) is 0 Å². The van der Waals surface area contributed by atoms with Crippen molar-refractivity contribution >= 4 is 5.91 Å². The van der Waals surface area contributed by atoms with Crippen molar-refractivity contribution in [2.75, 3.05) is 13.7 Å². The summed E-state index contributed by atoms with van der Waals surface area (Å²) in [6.45, 7) is 3.19. The Balaban J connectivity index is 2.90. The summed E-state index contributed by atoms with van der Waals surface area (Å²) in [5, 5.41) is 21.3. The molecule has 5 nitrogen and oxygen atoms in total. The van der Waals surface area contributed by atoms with Crippen LogP contribution in [0.15, 0.2) is 18.2 Å². The van der Waals surface area contributed by atoms with E-state index in [9.17, 15) is 9.90 Å². The number of methoxy groups -OCH3 is 1. The molecule has 0 saturated carbocycles. The molecule has 0 aromatic heterocycles. The first-order chi connectivity index (χ1) is 7.89. The van der Waals surface area contributed by atoms with Gasteiger partial charge in [0, 0.05) is 6.07 Å². The molecule has 0 spiro atoms. The first-order valence-electron chi connectivity index (χ1n) is 5.20. The smallest absolute Gasteiger partial charge is 0.255 e. The summed E-state index contributed by atoms with van der Waals surface area (Å²) < 4.78 is 4.92. The fourth-order valence-electron chi connectivity index (χ4n) is 1.24. The quantitative estimate of drug-likeness (QED) is 0.729. The summed E-state index contributed by atoms with van der Waals surface area (Å²) in [6.07, 6.45) is 0. The van der Waals surface area contributed by atoms with Crippen LogP contribution in [-0.2, 0) is 0 Å². The minimum atomic E-state index is -0.733. The maximum atomic E-state index is 11.8. The molecule has 94 valence electrons. The van der Waals surface area contributed by atoms with Crippen LogP contribution in [0.25, 0.3) is 0 Å². The van der Waals surface area contributed by atoms with Crippen molar-refractivity contribution in [3.05, 3.63) is 23.8 Å². The maximum Gasteiger partial charge on any atom is 0.255 e. The molecule has 0 atom stereocenters. The Morgan fingerprint density at radius 3 is 2.59 bits per heavy atom. The number of amides is 1. The van der Waals surface area contributed by atoms with Crippen LogP contribution in [0.5, 0.6) is 11.5 Å². The zero-order valence-electron chi connectivity index (χ0n) is 10.2. The summed E-state index contributed by atoms with van der Waals surface area (Å²) in [5.41, 5.74) is -0.587. The number of ether oxygens (including phenoxy) is 1. The lowest BCUT2D eigenvalue weighted by molar-refractivity contribution is 0.0866. The van der Waals surface area contributed by atoms with E-state index in [-0.39, 0.29) is 17.9 Å². The molecule has 0 heterocycles. The highest BCUT2D eigenvalue weighted by molar-refractivity contribution is 5.97. The second-order valence-electron chi connectivity index (χ2n) is 4.38. The zero-order valence-corrected chi connectivity index (χ0v) is 10.2. The molecule has 5 heteroatoms. The topological polar surface area (TPSA) is 78.8 Å². The number of rotatable bonds is 4. The lowest BCUT2D eigenvalue weighted by Crippen LogP contribution is -2.46. The van der Waals surface area contributed by atoms with Crippen LogP contribution < -0.4 is 10.1 Å². The molecule has 0 saturated heterocycles. The van der Waals surface area contributed by atoms with Crippen LogP contribution in [-0.4, -0.2) is 35.4 Å². The molecular weight excluding hydrogens is 222 g/mol. The minimum absolute atomic E-state index is 0.146. The monoisotopic (exact) mass is 239 g/mol. The number of hydrogen-bond donors (Lipinski definition) is 3. The van der Waals surface area contributed by atoms with Gasteiger partial charge in [-0.1, -0.05) is 0 Å². The molecular formula is C12H17NO4. The Labute approximate surface area is 100 Å². The average Bonchev–Trinajstić information content (AvgIpc) is 2.28. The van der Waals surface area contributed by atoms with Gasteiger partial charge in [0.1, 0.15) is 11.5 Å². The summed E-state index contributed by atoms with van der Waals surface area (Å²) in [7, 11) is 1.48. The van der Waals surface area contributed by atoms with E-state index in [4.69, 9.17) is 9.84 Å². The SMILES string of the molecule is COc1ccc(C(=O)NC(C)(C)CO)c(O)c1. The molecule has 17 heavy (non-hydrogen) atoms. The van der Waals surface area contributed by atoms with E-state index in [0.717, 1.165) is 0 Å². The largest absolute Gasteiger partial charge is 0.507 e. The van der Waals surface area contributed by atoms with Gasteiger partial charge in [0.15, 0.2) is 0 Å². The van der Waals surface area contributed by atoms with E-state index in [1.165, 1.54) is 19.2 Å². The fraction of sp³-hybridized carbons (Fsp3) is 0.417. The van der Waals surface area contributed by atoms with Crippen molar-refractivity contribution in [1.29, 1.82) is 0 Å². The normalized spacial score (nSPS) is 11.1. The van der Waals surface area contributed by atoms with Crippen molar-refractivity contribution in [1.82, 2.24) is 5.32 Å². The van der Waals surface area contributed by atoms with E-state index in [1.54, 1.807) is 19.9 Å². The summed E-state index contributed by atoms with van der Waals surface area (Å²) in [5.74, 6) is -0.125. The van der Waals surface area contributed by atoms with E-state index in [2.05, 4.69) is 5.32 Å². The molecule has 0 aliphatic heterocycles. The number of nitrogens with one attached hydrogen (secondary N) is 1. The number of phenolic OH excluding ortho intramolecular Hbond substituents is 1. The molecule has 1 aromatic rings. The van der Waals surface area contributed by atoms with Crippen LogP contribution in [0.3, 0.4) is 0 Å². The number of benzene rings is 1. The standard InChI is InChI=1S/C12H17NO4/c1-12(2,7-14)13-11(16)9-5-4-8(17-3)6-10(9)15/h4-6,14-15H,7H2,1-3H3,(H,13,16). The first-order valence-corrected chi connectivity index (χ1v) is 5.20. The molecule has 0 aliphatic carbocycles. The second-order valence-corrected chi connectivity index (χ2v) is 4.38. The van der Waals surface area contributed by atoms with Gasteiger partial charge in [-0.3, -0.25) is 4.79 Å². The highest BCUT2D eigenvalue weighted by atomic mass is 16.5. The molecule has 1 amide bonds. The number of phenols is 1. The summed E-state index contributed by atoms with van der Waals surface area (Å²) in [4.78, 5) is 11.8. The van der Waals surface area contributed by atoms with Gasteiger partial charge in [-0.15, -0.1) is 0 Å². The Bertz CT molecular complexity index is 415. The Hall–Kier alpha value is -1.75.